The highest BCUT2D eigenvalue weighted by atomic mass is 16.5. The van der Waals surface area contributed by atoms with Crippen LogP contribution >= 0.6 is 0 Å². The monoisotopic (exact) mass is 484 g/mol. The van der Waals surface area contributed by atoms with Crippen molar-refractivity contribution in [3.8, 4) is 16.9 Å². The lowest BCUT2D eigenvalue weighted by Gasteiger charge is -2.21. The quantitative estimate of drug-likeness (QED) is 0.172. The summed E-state index contributed by atoms with van der Waals surface area (Å²) >= 11 is 0. The fourth-order valence-electron chi connectivity index (χ4n) is 4.94. The Bertz CT molecular complexity index is 1160. The van der Waals surface area contributed by atoms with Crippen LogP contribution in [-0.2, 0) is 24.1 Å². The van der Waals surface area contributed by atoms with Crippen LogP contribution in [0.5, 0.6) is 5.75 Å². The van der Waals surface area contributed by atoms with Crippen LogP contribution in [-0.4, -0.2) is 17.0 Å². The molecule has 4 rings (SSSR count). The topological polar surface area (TPSA) is 63.6 Å². The minimum absolute atomic E-state index is 0.332. The molecule has 0 spiro atoms. The lowest BCUT2D eigenvalue weighted by Crippen LogP contribution is -2.22. The highest BCUT2D eigenvalue weighted by molar-refractivity contribution is 5.91. The number of aliphatic carboxylic acids is 1. The van der Waals surface area contributed by atoms with Gasteiger partial charge in [-0.3, -0.25) is 4.79 Å². The van der Waals surface area contributed by atoms with Gasteiger partial charge >= 0.3 is 11.9 Å². The molecule has 3 aromatic carbocycles. The third kappa shape index (κ3) is 6.84. The summed E-state index contributed by atoms with van der Waals surface area (Å²) in [5.74, 6) is -0.975. The van der Waals surface area contributed by atoms with E-state index in [0.29, 0.717) is 30.6 Å². The van der Waals surface area contributed by atoms with Gasteiger partial charge in [-0.2, -0.15) is 0 Å². The van der Waals surface area contributed by atoms with Gasteiger partial charge in [0.1, 0.15) is 5.75 Å². The fourth-order valence-corrected chi connectivity index (χ4v) is 4.94. The largest absolute Gasteiger partial charge is 0.481 e. The van der Waals surface area contributed by atoms with E-state index in [4.69, 9.17) is 4.74 Å². The molecule has 1 aliphatic rings. The number of carboxylic acids is 1. The number of esters is 1. The summed E-state index contributed by atoms with van der Waals surface area (Å²) in [6, 6.07) is 21.7. The van der Waals surface area contributed by atoms with Crippen molar-refractivity contribution < 1.29 is 19.4 Å². The van der Waals surface area contributed by atoms with Crippen molar-refractivity contribution in [2.75, 3.05) is 0 Å². The van der Waals surface area contributed by atoms with E-state index in [9.17, 15) is 14.7 Å². The Morgan fingerprint density at radius 3 is 2.19 bits per heavy atom. The fraction of sp³-hybridized carbons (Fsp3) is 0.375. The summed E-state index contributed by atoms with van der Waals surface area (Å²) in [7, 11) is 0. The van der Waals surface area contributed by atoms with Crippen molar-refractivity contribution in [2.24, 2.45) is 5.92 Å². The molecule has 0 fully saturated rings. The van der Waals surface area contributed by atoms with Gasteiger partial charge in [-0.25, -0.2) is 4.79 Å². The molecule has 0 bridgehead atoms. The van der Waals surface area contributed by atoms with Gasteiger partial charge in [-0.15, -0.1) is 0 Å². The Kier molecular flexibility index (Phi) is 8.94. The van der Waals surface area contributed by atoms with Crippen molar-refractivity contribution in [3.05, 3.63) is 89.0 Å². The normalized spacial score (nSPS) is 14.8. The molecule has 0 radical (unpaired) electrons. The summed E-state index contributed by atoms with van der Waals surface area (Å²) in [5, 5.41) is 9.26. The number of hydrogen-bond donors (Lipinski definition) is 1. The van der Waals surface area contributed by atoms with Crippen LogP contribution in [0.15, 0.2) is 66.7 Å². The van der Waals surface area contributed by atoms with Gasteiger partial charge < -0.3 is 9.84 Å². The number of carboxylic acid groups (broad SMARTS) is 1. The standard InChI is InChI=1S/C32H36O4/c1-2-3-4-5-6-7-8-23-9-11-24(12-10-23)25-13-15-26(16-14-25)32(35)36-30-20-19-27-21-29(31(33)34)18-17-28(27)22-30/h9-16,19-20,22,29H,2-8,17-18,21H2,1H3,(H,33,34). The lowest BCUT2D eigenvalue weighted by atomic mass is 9.84. The highest BCUT2D eigenvalue weighted by Gasteiger charge is 2.24. The average Bonchev–Trinajstić information content (AvgIpc) is 2.90. The first kappa shape index (κ1) is 25.7. The Balaban J connectivity index is 1.31. The van der Waals surface area contributed by atoms with E-state index in [0.717, 1.165) is 28.7 Å². The van der Waals surface area contributed by atoms with Gasteiger partial charge in [0.2, 0.25) is 0 Å². The second kappa shape index (κ2) is 12.5. The van der Waals surface area contributed by atoms with Crippen LogP contribution in [0.25, 0.3) is 11.1 Å². The maximum absolute atomic E-state index is 12.7. The third-order valence-corrected chi connectivity index (χ3v) is 7.19. The smallest absolute Gasteiger partial charge is 0.343 e. The molecule has 4 heteroatoms. The minimum atomic E-state index is -0.747. The first-order valence-corrected chi connectivity index (χ1v) is 13.3. The molecule has 1 N–H and O–H groups in total. The molecule has 4 nitrogen and oxygen atoms in total. The van der Waals surface area contributed by atoms with Crippen molar-refractivity contribution in [1.29, 1.82) is 0 Å². The number of carbonyl (C=O) groups excluding carboxylic acids is 1. The van der Waals surface area contributed by atoms with Gasteiger partial charge in [0.15, 0.2) is 0 Å². The molecular formula is C32H36O4. The number of ether oxygens (including phenoxy) is 1. The van der Waals surface area contributed by atoms with Gasteiger partial charge in [-0.1, -0.05) is 81.5 Å². The predicted molar refractivity (Wildman–Crippen MR) is 144 cm³/mol. The second-order valence-electron chi connectivity index (χ2n) is 9.89. The van der Waals surface area contributed by atoms with Crippen LogP contribution in [0.1, 0.15) is 78.9 Å². The van der Waals surface area contributed by atoms with E-state index < -0.39 is 11.9 Å². The molecule has 0 saturated carbocycles. The molecule has 3 aromatic rings. The van der Waals surface area contributed by atoms with Crippen LogP contribution in [0.3, 0.4) is 0 Å². The maximum atomic E-state index is 12.7. The van der Waals surface area contributed by atoms with E-state index in [1.165, 1.54) is 44.1 Å². The van der Waals surface area contributed by atoms with E-state index in [2.05, 4.69) is 31.2 Å². The predicted octanol–water partition coefficient (Wildman–Crippen LogP) is 7.67. The van der Waals surface area contributed by atoms with Crippen molar-refractivity contribution >= 4 is 11.9 Å². The molecule has 0 aliphatic heterocycles. The zero-order valence-corrected chi connectivity index (χ0v) is 21.2. The van der Waals surface area contributed by atoms with Gasteiger partial charge in [0.25, 0.3) is 0 Å². The summed E-state index contributed by atoms with van der Waals surface area (Å²) < 4.78 is 5.62. The highest BCUT2D eigenvalue weighted by Crippen LogP contribution is 2.29. The van der Waals surface area contributed by atoms with Gasteiger partial charge in [-0.05, 0) is 84.2 Å². The lowest BCUT2D eigenvalue weighted by molar-refractivity contribution is -0.142. The molecule has 188 valence electrons. The van der Waals surface area contributed by atoms with Crippen LogP contribution in [0, 0.1) is 5.92 Å². The van der Waals surface area contributed by atoms with Crippen molar-refractivity contribution in [1.82, 2.24) is 0 Å². The molecule has 36 heavy (non-hydrogen) atoms. The molecule has 1 unspecified atom stereocenters. The van der Waals surface area contributed by atoms with E-state index in [1.807, 2.05) is 24.3 Å². The van der Waals surface area contributed by atoms with Gasteiger partial charge in [0.05, 0.1) is 11.5 Å². The number of unbranched alkanes of at least 4 members (excludes halogenated alkanes) is 5. The van der Waals surface area contributed by atoms with E-state index >= 15 is 0 Å². The van der Waals surface area contributed by atoms with Gasteiger partial charge in [0, 0.05) is 0 Å². The molecule has 1 atom stereocenters. The second-order valence-corrected chi connectivity index (χ2v) is 9.89. The SMILES string of the molecule is CCCCCCCCc1ccc(-c2ccc(C(=O)Oc3ccc4c(c3)CCC(C(=O)O)C4)cc2)cc1. The third-order valence-electron chi connectivity index (χ3n) is 7.19. The Morgan fingerprint density at radius 2 is 1.50 bits per heavy atom. The number of benzene rings is 3. The summed E-state index contributed by atoms with van der Waals surface area (Å²) in [5.41, 5.74) is 6.17. The number of rotatable bonds is 11. The summed E-state index contributed by atoms with van der Waals surface area (Å²) in [6.45, 7) is 2.25. The van der Waals surface area contributed by atoms with Crippen LogP contribution in [0.4, 0.5) is 0 Å². The molecule has 0 amide bonds. The molecule has 0 aromatic heterocycles. The van der Waals surface area contributed by atoms with Crippen molar-refractivity contribution in [3.63, 3.8) is 0 Å². The molecule has 0 saturated heterocycles. The summed E-state index contributed by atoms with van der Waals surface area (Å²) in [4.78, 5) is 24.0. The number of fused-ring (bicyclic) bond motifs is 1. The zero-order chi connectivity index (χ0) is 25.3. The Labute approximate surface area is 214 Å². The molecule has 1 aliphatic carbocycles. The number of carbonyl (C=O) groups is 2. The number of hydrogen-bond acceptors (Lipinski definition) is 3. The van der Waals surface area contributed by atoms with Crippen molar-refractivity contribution in [2.45, 2.75) is 71.1 Å². The average molecular weight is 485 g/mol. The zero-order valence-electron chi connectivity index (χ0n) is 21.2. The first-order chi connectivity index (χ1) is 17.5. The summed E-state index contributed by atoms with van der Waals surface area (Å²) in [6.07, 6.45) is 10.8. The minimum Gasteiger partial charge on any atom is -0.481 e. The Morgan fingerprint density at radius 1 is 0.833 bits per heavy atom. The number of aryl methyl sites for hydroxylation is 2. The van der Waals surface area contributed by atoms with E-state index in [1.54, 1.807) is 18.2 Å². The maximum Gasteiger partial charge on any atom is 0.343 e. The van der Waals surface area contributed by atoms with E-state index in [-0.39, 0.29) is 5.92 Å². The molecular weight excluding hydrogens is 448 g/mol. The first-order valence-electron chi connectivity index (χ1n) is 13.3. The Hall–Kier alpha value is -3.40. The van der Waals surface area contributed by atoms with Crippen LogP contribution < -0.4 is 4.74 Å². The molecule has 0 heterocycles. The van der Waals surface area contributed by atoms with Crippen LogP contribution in [0.2, 0.25) is 0 Å².